The molecule has 28 heavy (non-hydrogen) atoms. The van der Waals surface area contributed by atoms with E-state index in [2.05, 4.69) is 26.6 Å². The maximum atomic E-state index is 13.3. The number of benzene rings is 1. The third kappa shape index (κ3) is 3.09. The van der Waals surface area contributed by atoms with Crippen LogP contribution in [0.2, 0.25) is 0 Å². The van der Waals surface area contributed by atoms with Gasteiger partial charge in [-0.1, -0.05) is 15.9 Å². The number of rotatable bonds is 5. The highest BCUT2D eigenvalue weighted by molar-refractivity contribution is 9.10. The standard InChI is InChI=1S/C22H27BrN2O3/c23-13-3-5-14(6-4-13)25-21(27)19-17-8-7-16(22(17)9-10-22)18(19)20(26)24-12-15-2-1-11-28-15/h3-6,15-19H,1-2,7-12H2,(H,24,26)(H,25,27)/t15?,16-,17+,18-,19-/m1/s1. The van der Waals surface area contributed by atoms with Crippen LogP contribution in [0.5, 0.6) is 0 Å². The number of halogens is 1. The van der Waals surface area contributed by atoms with Crippen LogP contribution in [-0.2, 0) is 14.3 Å². The fourth-order valence-corrected chi connectivity index (χ4v) is 6.52. The van der Waals surface area contributed by atoms with Gasteiger partial charge in [0.1, 0.15) is 0 Å². The Bertz CT molecular complexity index is 770. The molecule has 2 amide bonds. The number of nitrogens with one attached hydrogen (secondary N) is 2. The molecule has 1 unspecified atom stereocenters. The molecular weight excluding hydrogens is 420 g/mol. The Hall–Kier alpha value is -1.40. The number of carbonyl (C=O) groups is 2. The van der Waals surface area contributed by atoms with Crippen molar-refractivity contribution in [3.63, 3.8) is 0 Å². The van der Waals surface area contributed by atoms with Gasteiger partial charge in [-0.2, -0.15) is 0 Å². The highest BCUT2D eigenvalue weighted by Crippen LogP contribution is 2.74. The molecule has 1 heterocycles. The van der Waals surface area contributed by atoms with E-state index in [1.807, 2.05) is 24.3 Å². The lowest BCUT2D eigenvalue weighted by molar-refractivity contribution is -0.134. The van der Waals surface area contributed by atoms with Crippen molar-refractivity contribution in [3.8, 4) is 0 Å². The summed E-state index contributed by atoms with van der Waals surface area (Å²) in [6.45, 7) is 1.36. The summed E-state index contributed by atoms with van der Waals surface area (Å²) in [6, 6.07) is 7.64. The molecule has 4 aliphatic rings. The van der Waals surface area contributed by atoms with Gasteiger partial charge in [-0.05, 0) is 80.0 Å². The molecule has 5 nitrogen and oxygen atoms in total. The molecule has 1 spiro atoms. The monoisotopic (exact) mass is 446 g/mol. The van der Waals surface area contributed by atoms with Crippen molar-refractivity contribution in [2.24, 2.45) is 29.1 Å². The molecule has 1 saturated heterocycles. The summed E-state index contributed by atoms with van der Waals surface area (Å²) in [5.41, 5.74) is 1.05. The summed E-state index contributed by atoms with van der Waals surface area (Å²) >= 11 is 3.43. The fraction of sp³-hybridized carbons (Fsp3) is 0.636. The van der Waals surface area contributed by atoms with Crippen molar-refractivity contribution in [1.82, 2.24) is 5.32 Å². The fourth-order valence-electron chi connectivity index (χ4n) is 6.26. The maximum absolute atomic E-state index is 13.3. The molecule has 5 atom stereocenters. The number of amides is 2. The molecule has 6 heteroatoms. The van der Waals surface area contributed by atoms with Crippen LogP contribution in [0.4, 0.5) is 5.69 Å². The highest BCUT2D eigenvalue weighted by atomic mass is 79.9. The van der Waals surface area contributed by atoms with E-state index >= 15 is 0 Å². The first kappa shape index (κ1) is 18.6. The van der Waals surface area contributed by atoms with E-state index < -0.39 is 0 Å². The average molecular weight is 447 g/mol. The van der Waals surface area contributed by atoms with E-state index in [1.54, 1.807) is 0 Å². The van der Waals surface area contributed by atoms with Gasteiger partial charge in [0.2, 0.25) is 11.8 Å². The van der Waals surface area contributed by atoms with Gasteiger partial charge < -0.3 is 15.4 Å². The molecule has 2 bridgehead atoms. The quantitative estimate of drug-likeness (QED) is 0.723. The second-order valence-electron chi connectivity index (χ2n) is 8.95. The van der Waals surface area contributed by atoms with E-state index in [0.717, 1.165) is 42.5 Å². The van der Waals surface area contributed by atoms with Crippen molar-refractivity contribution >= 4 is 33.4 Å². The zero-order valence-electron chi connectivity index (χ0n) is 16.0. The molecule has 1 aromatic carbocycles. The van der Waals surface area contributed by atoms with E-state index in [0.29, 0.717) is 18.4 Å². The van der Waals surface area contributed by atoms with Crippen molar-refractivity contribution in [3.05, 3.63) is 28.7 Å². The summed E-state index contributed by atoms with van der Waals surface area (Å²) < 4.78 is 6.63. The van der Waals surface area contributed by atoms with Crippen LogP contribution in [0.25, 0.3) is 0 Å². The average Bonchev–Trinajstić information content (AvgIpc) is 3.05. The minimum atomic E-state index is -0.214. The first-order chi connectivity index (χ1) is 13.6. The number of hydrogen-bond acceptors (Lipinski definition) is 3. The second kappa shape index (κ2) is 7.13. The van der Waals surface area contributed by atoms with Crippen molar-refractivity contribution < 1.29 is 14.3 Å². The van der Waals surface area contributed by atoms with Crippen LogP contribution in [0.15, 0.2) is 28.7 Å². The van der Waals surface area contributed by atoms with Crippen LogP contribution in [0, 0.1) is 29.1 Å². The molecule has 0 radical (unpaired) electrons. The molecule has 150 valence electrons. The predicted molar refractivity (Wildman–Crippen MR) is 110 cm³/mol. The van der Waals surface area contributed by atoms with Gasteiger partial charge in [0.25, 0.3) is 0 Å². The SMILES string of the molecule is O=C(NCC1CCCO1)[C@H]1[C@H](C(=O)Nc2ccc(Br)cc2)[C@@H]2CC[C@H]1C21CC1. The number of ether oxygens (including phenoxy) is 1. The topological polar surface area (TPSA) is 67.4 Å². The summed E-state index contributed by atoms with van der Waals surface area (Å²) in [5.74, 6) is 0.379. The third-order valence-corrected chi connectivity index (χ3v) is 8.12. The molecule has 0 aromatic heterocycles. The smallest absolute Gasteiger partial charge is 0.228 e. The Kier molecular flexibility index (Phi) is 4.74. The van der Waals surface area contributed by atoms with E-state index in [4.69, 9.17) is 4.74 Å². The summed E-state index contributed by atoms with van der Waals surface area (Å²) in [4.78, 5) is 26.4. The largest absolute Gasteiger partial charge is 0.376 e. The molecule has 2 N–H and O–H groups in total. The number of anilines is 1. The first-order valence-electron chi connectivity index (χ1n) is 10.5. The van der Waals surface area contributed by atoms with Gasteiger partial charge >= 0.3 is 0 Å². The van der Waals surface area contributed by atoms with E-state index in [-0.39, 0.29) is 35.2 Å². The zero-order chi connectivity index (χ0) is 19.3. The molecular formula is C22H27BrN2O3. The Morgan fingerprint density at radius 1 is 1.04 bits per heavy atom. The number of hydrogen-bond donors (Lipinski definition) is 2. The number of carbonyl (C=O) groups excluding carboxylic acids is 2. The third-order valence-electron chi connectivity index (χ3n) is 7.59. The zero-order valence-corrected chi connectivity index (χ0v) is 17.5. The normalized spacial score (nSPS) is 34.5. The van der Waals surface area contributed by atoms with Crippen molar-refractivity contribution in [2.75, 3.05) is 18.5 Å². The van der Waals surface area contributed by atoms with Gasteiger partial charge in [0.15, 0.2) is 0 Å². The summed E-state index contributed by atoms with van der Waals surface area (Å²) in [5, 5.41) is 6.20. The molecule has 4 fully saturated rings. The van der Waals surface area contributed by atoms with E-state index in [9.17, 15) is 9.59 Å². The molecule has 1 aliphatic heterocycles. The van der Waals surface area contributed by atoms with E-state index in [1.165, 1.54) is 12.8 Å². The van der Waals surface area contributed by atoms with Gasteiger partial charge in [0.05, 0.1) is 17.9 Å². The van der Waals surface area contributed by atoms with Crippen LogP contribution >= 0.6 is 15.9 Å². The van der Waals surface area contributed by atoms with Crippen LogP contribution < -0.4 is 10.6 Å². The van der Waals surface area contributed by atoms with Crippen molar-refractivity contribution in [2.45, 2.75) is 44.6 Å². The Morgan fingerprint density at radius 2 is 1.71 bits per heavy atom. The predicted octanol–water partition coefficient (Wildman–Crippen LogP) is 3.74. The lowest BCUT2D eigenvalue weighted by Crippen LogP contribution is -2.44. The van der Waals surface area contributed by atoms with Crippen LogP contribution in [0.1, 0.15) is 38.5 Å². The molecule has 1 aromatic rings. The second-order valence-corrected chi connectivity index (χ2v) is 9.87. The van der Waals surface area contributed by atoms with Crippen molar-refractivity contribution in [1.29, 1.82) is 0 Å². The van der Waals surface area contributed by atoms with Gasteiger partial charge in [-0.15, -0.1) is 0 Å². The minimum absolute atomic E-state index is 0.0121. The van der Waals surface area contributed by atoms with Gasteiger partial charge in [-0.3, -0.25) is 9.59 Å². The first-order valence-corrected chi connectivity index (χ1v) is 11.3. The Labute approximate surface area is 174 Å². The molecule has 3 aliphatic carbocycles. The summed E-state index contributed by atoms with van der Waals surface area (Å²) in [6.07, 6.45) is 6.74. The highest BCUT2D eigenvalue weighted by Gasteiger charge is 2.71. The lowest BCUT2D eigenvalue weighted by atomic mass is 9.78. The Morgan fingerprint density at radius 3 is 2.32 bits per heavy atom. The van der Waals surface area contributed by atoms with Crippen LogP contribution in [0.3, 0.4) is 0 Å². The van der Waals surface area contributed by atoms with Gasteiger partial charge in [-0.25, -0.2) is 0 Å². The Balaban J connectivity index is 1.32. The van der Waals surface area contributed by atoms with Gasteiger partial charge in [0, 0.05) is 23.3 Å². The minimum Gasteiger partial charge on any atom is -0.376 e. The molecule has 3 saturated carbocycles. The molecule has 5 rings (SSSR count). The maximum Gasteiger partial charge on any atom is 0.228 e. The summed E-state index contributed by atoms with van der Waals surface area (Å²) in [7, 11) is 0. The lowest BCUT2D eigenvalue weighted by Gasteiger charge is -2.29. The van der Waals surface area contributed by atoms with Crippen LogP contribution in [-0.4, -0.2) is 31.1 Å².